The molecule has 28 heavy (non-hydrogen) atoms. The van der Waals surface area contributed by atoms with Crippen molar-refractivity contribution < 1.29 is 24.1 Å². The Morgan fingerprint density at radius 3 is 2.71 bits per heavy atom. The van der Waals surface area contributed by atoms with Crippen LogP contribution in [0, 0.1) is 0 Å². The highest BCUT2D eigenvalue weighted by Gasteiger charge is 2.54. The van der Waals surface area contributed by atoms with E-state index in [0.29, 0.717) is 17.9 Å². The Bertz CT molecular complexity index is 943. The molecular weight excluding hydrogens is 398 g/mol. The number of pyridine rings is 1. The molecule has 0 bridgehead atoms. The SMILES string of the molecule is O=C(Cc1cccs1)N[C@H]1C(=O)N2C(C(=O)O)=C(C[n+]3ccccc3)CSC12. The lowest BCUT2D eigenvalue weighted by Crippen LogP contribution is -2.70. The van der Waals surface area contributed by atoms with Crippen molar-refractivity contribution >= 4 is 40.9 Å². The van der Waals surface area contributed by atoms with Crippen molar-refractivity contribution in [1.82, 2.24) is 10.2 Å². The topological polar surface area (TPSA) is 90.6 Å². The number of hydrogen-bond donors (Lipinski definition) is 2. The second kappa shape index (κ2) is 7.76. The molecule has 2 amide bonds. The fourth-order valence-electron chi connectivity index (χ4n) is 3.36. The highest BCUT2D eigenvalue weighted by Crippen LogP contribution is 2.40. The first-order chi connectivity index (χ1) is 13.5. The van der Waals surface area contributed by atoms with E-state index in [1.54, 1.807) is 0 Å². The maximum Gasteiger partial charge on any atom is 0.352 e. The lowest BCUT2D eigenvalue weighted by Gasteiger charge is -2.49. The van der Waals surface area contributed by atoms with Gasteiger partial charge in [0.1, 0.15) is 17.1 Å². The first-order valence-corrected chi connectivity index (χ1v) is 10.6. The zero-order valence-electron chi connectivity index (χ0n) is 14.8. The molecule has 1 unspecified atom stereocenters. The summed E-state index contributed by atoms with van der Waals surface area (Å²) in [6.07, 6.45) is 3.93. The van der Waals surface area contributed by atoms with Crippen molar-refractivity contribution in [3.05, 3.63) is 64.3 Å². The molecule has 144 valence electrons. The smallest absolute Gasteiger partial charge is 0.352 e. The Morgan fingerprint density at radius 1 is 1.25 bits per heavy atom. The fraction of sp³-hybridized carbons (Fsp3) is 0.263. The van der Waals surface area contributed by atoms with Gasteiger partial charge in [-0.3, -0.25) is 14.5 Å². The predicted molar refractivity (Wildman–Crippen MR) is 104 cm³/mol. The van der Waals surface area contributed by atoms with Gasteiger partial charge in [0.05, 0.1) is 6.42 Å². The number of β-lactam (4-membered cyclic amide) rings is 1. The molecular formula is C19H18N3O4S2+. The molecule has 0 radical (unpaired) electrons. The minimum absolute atomic E-state index is 0.0360. The summed E-state index contributed by atoms with van der Waals surface area (Å²) in [6.45, 7) is 0.404. The molecule has 1 fully saturated rings. The summed E-state index contributed by atoms with van der Waals surface area (Å²) in [7, 11) is 0. The number of amides is 2. The molecule has 4 heterocycles. The van der Waals surface area contributed by atoms with Gasteiger partial charge in [-0.15, -0.1) is 23.1 Å². The van der Waals surface area contributed by atoms with Gasteiger partial charge in [0.15, 0.2) is 18.9 Å². The van der Waals surface area contributed by atoms with Crippen LogP contribution in [0.2, 0.25) is 0 Å². The van der Waals surface area contributed by atoms with E-state index >= 15 is 0 Å². The maximum absolute atomic E-state index is 12.6. The largest absolute Gasteiger partial charge is 0.477 e. The van der Waals surface area contributed by atoms with Crippen LogP contribution in [0.25, 0.3) is 0 Å². The van der Waals surface area contributed by atoms with Crippen LogP contribution in [0.15, 0.2) is 59.4 Å². The number of nitrogens with one attached hydrogen (secondary N) is 1. The number of thioether (sulfide) groups is 1. The minimum Gasteiger partial charge on any atom is -0.477 e. The molecule has 7 nitrogen and oxygen atoms in total. The summed E-state index contributed by atoms with van der Waals surface area (Å²) in [5.41, 5.74) is 0.718. The normalized spacial score (nSPS) is 21.1. The summed E-state index contributed by atoms with van der Waals surface area (Å²) >= 11 is 2.97. The summed E-state index contributed by atoms with van der Waals surface area (Å²) in [6, 6.07) is 8.68. The van der Waals surface area contributed by atoms with Crippen LogP contribution in [-0.2, 0) is 27.3 Å². The van der Waals surface area contributed by atoms with E-state index in [2.05, 4.69) is 5.32 Å². The van der Waals surface area contributed by atoms with Crippen molar-refractivity contribution in [1.29, 1.82) is 0 Å². The third-order valence-electron chi connectivity index (χ3n) is 4.63. The lowest BCUT2D eigenvalue weighted by atomic mass is 10.0. The van der Waals surface area contributed by atoms with E-state index < -0.39 is 12.0 Å². The van der Waals surface area contributed by atoms with Crippen LogP contribution in [0.4, 0.5) is 0 Å². The Labute approximate surface area is 169 Å². The van der Waals surface area contributed by atoms with E-state index in [1.165, 1.54) is 28.0 Å². The van der Waals surface area contributed by atoms with Crippen LogP contribution < -0.4 is 9.88 Å². The third-order valence-corrected chi connectivity index (χ3v) is 6.85. The number of rotatable bonds is 6. The lowest BCUT2D eigenvalue weighted by molar-refractivity contribution is -0.689. The number of carboxylic acid groups (broad SMARTS) is 1. The Kier molecular flexibility index (Phi) is 5.19. The van der Waals surface area contributed by atoms with Gasteiger partial charge in [-0.25, -0.2) is 9.36 Å². The fourth-order valence-corrected chi connectivity index (χ4v) is 5.40. The van der Waals surface area contributed by atoms with Crippen LogP contribution in [-0.4, -0.2) is 45.0 Å². The number of aliphatic carboxylic acids is 1. The van der Waals surface area contributed by atoms with E-state index in [9.17, 15) is 19.5 Å². The quantitative estimate of drug-likeness (QED) is 0.542. The summed E-state index contributed by atoms with van der Waals surface area (Å²) in [5.74, 6) is -1.22. The zero-order valence-corrected chi connectivity index (χ0v) is 16.4. The van der Waals surface area contributed by atoms with E-state index in [-0.39, 0.29) is 29.3 Å². The standard InChI is InChI=1S/C19H17N3O4S2/c23-14(9-13-5-4-8-27-13)20-15-17(24)22-16(19(25)26)12(11-28-18(15)22)10-21-6-2-1-3-7-21/h1-8,15,18H,9-11H2,(H-,20,23,25,26)/p+1/t15-,18?/m0/s1. The second-order valence-electron chi connectivity index (χ2n) is 6.52. The predicted octanol–water partition coefficient (Wildman–Crippen LogP) is 1.02. The number of nitrogens with zero attached hydrogens (tertiary/aromatic N) is 2. The molecule has 2 aliphatic rings. The monoisotopic (exact) mass is 416 g/mol. The summed E-state index contributed by atoms with van der Waals surface area (Å²) in [4.78, 5) is 39.0. The van der Waals surface area contributed by atoms with Gasteiger partial charge in [0.25, 0.3) is 5.91 Å². The van der Waals surface area contributed by atoms with E-state index in [4.69, 9.17) is 0 Å². The average molecular weight is 417 g/mol. The number of fused-ring (bicyclic) bond motifs is 1. The third kappa shape index (κ3) is 3.55. The number of hydrogen-bond acceptors (Lipinski definition) is 5. The van der Waals surface area contributed by atoms with Crippen LogP contribution in [0.3, 0.4) is 0 Å². The summed E-state index contributed by atoms with van der Waals surface area (Å²) in [5, 5.41) is 14.0. The molecule has 0 saturated carbocycles. The number of carboxylic acids is 1. The molecule has 4 rings (SSSR count). The highest BCUT2D eigenvalue weighted by atomic mass is 32.2. The molecule has 2 atom stereocenters. The van der Waals surface area contributed by atoms with Gasteiger partial charge < -0.3 is 10.4 Å². The van der Waals surface area contributed by atoms with Gasteiger partial charge >= 0.3 is 5.97 Å². The number of carbonyl (C=O) groups is 3. The van der Waals surface area contributed by atoms with Gasteiger partial charge in [-0.2, -0.15) is 0 Å². The van der Waals surface area contributed by atoms with Crippen molar-refractivity contribution in [3.63, 3.8) is 0 Å². The molecule has 0 aromatic carbocycles. The molecule has 0 spiro atoms. The van der Waals surface area contributed by atoms with Crippen molar-refractivity contribution in [3.8, 4) is 0 Å². The summed E-state index contributed by atoms with van der Waals surface area (Å²) < 4.78 is 1.88. The zero-order chi connectivity index (χ0) is 19.7. The van der Waals surface area contributed by atoms with E-state index in [1.807, 2.05) is 52.7 Å². The van der Waals surface area contributed by atoms with Crippen LogP contribution >= 0.6 is 23.1 Å². The second-order valence-corrected chi connectivity index (χ2v) is 8.65. The van der Waals surface area contributed by atoms with Gasteiger partial charge in [-0.05, 0) is 11.4 Å². The molecule has 2 N–H and O–H groups in total. The Balaban J connectivity index is 1.49. The van der Waals surface area contributed by atoms with Gasteiger partial charge in [0, 0.05) is 28.3 Å². The molecule has 2 aromatic rings. The van der Waals surface area contributed by atoms with Crippen molar-refractivity contribution in [2.75, 3.05) is 5.75 Å². The Morgan fingerprint density at radius 2 is 2.04 bits per heavy atom. The van der Waals surface area contributed by atoms with E-state index in [0.717, 1.165) is 4.88 Å². The number of aromatic nitrogens is 1. The highest BCUT2D eigenvalue weighted by molar-refractivity contribution is 8.00. The number of carbonyl (C=O) groups excluding carboxylic acids is 2. The molecule has 2 aliphatic heterocycles. The average Bonchev–Trinajstić information content (AvgIpc) is 3.19. The van der Waals surface area contributed by atoms with Crippen LogP contribution in [0.5, 0.6) is 0 Å². The first-order valence-electron chi connectivity index (χ1n) is 8.70. The number of thiophene rings is 1. The Hall–Kier alpha value is -2.65. The van der Waals surface area contributed by atoms with Crippen molar-refractivity contribution in [2.24, 2.45) is 0 Å². The molecule has 9 heteroatoms. The first kappa shape index (κ1) is 18.7. The van der Waals surface area contributed by atoms with Gasteiger partial charge in [-0.1, -0.05) is 12.1 Å². The molecule has 2 aromatic heterocycles. The van der Waals surface area contributed by atoms with Gasteiger partial charge in [0.2, 0.25) is 5.91 Å². The molecule has 0 aliphatic carbocycles. The maximum atomic E-state index is 12.6. The van der Waals surface area contributed by atoms with Crippen molar-refractivity contribution in [2.45, 2.75) is 24.4 Å². The van der Waals surface area contributed by atoms with Crippen LogP contribution in [0.1, 0.15) is 4.88 Å². The minimum atomic E-state index is -1.12. The molecule has 1 saturated heterocycles.